The summed E-state index contributed by atoms with van der Waals surface area (Å²) < 4.78 is 3.84. The summed E-state index contributed by atoms with van der Waals surface area (Å²) in [5.41, 5.74) is 7.46. The van der Waals surface area contributed by atoms with E-state index in [1.54, 1.807) is 11.3 Å². The molecule has 3 rings (SSSR count). The number of nitrogens with two attached hydrogens (primary N) is 1. The molecule has 0 atom stereocenters. The van der Waals surface area contributed by atoms with Gasteiger partial charge in [-0.05, 0) is 19.4 Å². The molecule has 2 N–H and O–H groups in total. The average molecular weight is 262 g/mol. The highest BCUT2D eigenvalue weighted by Gasteiger charge is 2.05. The number of thiazole rings is 1. The van der Waals surface area contributed by atoms with Gasteiger partial charge < -0.3 is 5.73 Å². The zero-order chi connectivity index (χ0) is 12.4. The Kier molecular flexibility index (Phi) is 3.07. The molecule has 0 aliphatic heterocycles. The van der Waals surface area contributed by atoms with E-state index < -0.39 is 0 Å². The molecule has 3 aromatic heterocycles. The third kappa shape index (κ3) is 2.27. The van der Waals surface area contributed by atoms with Crippen LogP contribution in [0.1, 0.15) is 17.8 Å². The fraction of sp³-hybridized carbons (Fsp3) is 0.364. The fourth-order valence-corrected chi connectivity index (χ4v) is 2.55. The zero-order valence-electron chi connectivity index (χ0n) is 9.86. The molecule has 0 unspecified atom stereocenters. The lowest BCUT2D eigenvalue weighted by molar-refractivity contribution is 0.640. The molecule has 0 fully saturated rings. The number of imidazole rings is 1. The molecule has 3 heterocycles. The number of hydrogen-bond donors (Lipinski definition) is 1. The molecule has 0 aromatic carbocycles. The molecule has 6 nitrogen and oxygen atoms in total. The summed E-state index contributed by atoms with van der Waals surface area (Å²) in [6.45, 7) is 1.34. The van der Waals surface area contributed by atoms with Crippen molar-refractivity contribution in [3.63, 3.8) is 0 Å². The van der Waals surface area contributed by atoms with Gasteiger partial charge in [0.2, 0.25) is 0 Å². The van der Waals surface area contributed by atoms with Gasteiger partial charge in [0.15, 0.2) is 4.96 Å². The van der Waals surface area contributed by atoms with Crippen molar-refractivity contribution in [2.24, 2.45) is 5.73 Å². The molecule has 94 valence electrons. The van der Waals surface area contributed by atoms with Crippen LogP contribution in [-0.2, 0) is 13.0 Å². The Morgan fingerprint density at radius 1 is 1.28 bits per heavy atom. The van der Waals surface area contributed by atoms with E-state index in [1.165, 1.54) is 0 Å². The Hall–Kier alpha value is -1.73. The first-order valence-electron chi connectivity index (χ1n) is 5.85. The fourth-order valence-electron chi connectivity index (χ4n) is 1.83. The van der Waals surface area contributed by atoms with Gasteiger partial charge in [0, 0.05) is 24.0 Å². The molecule has 0 aliphatic rings. The standard InChI is InChI=1S/C11H14N6S/c12-3-1-2-9-7-17(15-14-9)8-10-6-16-4-5-18-11(16)13-10/h4-7H,1-3,8,12H2. The van der Waals surface area contributed by atoms with Gasteiger partial charge in [-0.1, -0.05) is 5.21 Å². The van der Waals surface area contributed by atoms with Crippen molar-refractivity contribution in [2.75, 3.05) is 6.54 Å². The first-order valence-corrected chi connectivity index (χ1v) is 6.73. The number of hydrogen-bond acceptors (Lipinski definition) is 5. The first kappa shape index (κ1) is 11.4. The molecule has 0 saturated heterocycles. The van der Waals surface area contributed by atoms with E-state index in [0.717, 1.165) is 29.2 Å². The smallest absolute Gasteiger partial charge is 0.193 e. The van der Waals surface area contributed by atoms with Crippen LogP contribution in [0.5, 0.6) is 0 Å². The van der Waals surface area contributed by atoms with Gasteiger partial charge in [-0.25, -0.2) is 9.67 Å². The molecule has 0 radical (unpaired) electrons. The number of aromatic nitrogens is 5. The second kappa shape index (κ2) is 4.87. The van der Waals surface area contributed by atoms with Gasteiger partial charge in [0.1, 0.15) is 0 Å². The van der Waals surface area contributed by atoms with Crippen molar-refractivity contribution < 1.29 is 0 Å². The SMILES string of the molecule is NCCCc1cn(Cc2cn3ccsc3n2)nn1. The second-order valence-electron chi connectivity index (χ2n) is 4.12. The summed E-state index contributed by atoms with van der Waals surface area (Å²) >= 11 is 1.63. The molecule has 0 amide bonds. The van der Waals surface area contributed by atoms with Crippen molar-refractivity contribution in [3.05, 3.63) is 35.4 Å². The van der Waals surface area contributed by atoms with Crippen molar-refractivity contribution in [3.8, 4) is 0 Å². The van der Waals surface area contributed by atoms with Crippen LogP contribution in [-0.4, -0.2) is 30.9 Å². The molecule has 0 aliphatic carbocycles. The Morgan fingerprint density at radius 3 is 3.06 bits per heavy atom. The Labute approximate surface area is 108 Å². The number of aryl methyl sites for hydroxylation is 1. The number of fused-ring (bicyclic) bond motifs is 1. The quantitative estimate of drug-likeness (QED) is 0.742. The number of rotatable bonds is 5. The zero-order valence-corrected chi connectivity index (χ0v) is 10.7. The monoisotopic (exact) mass is 262 g/mol. The van der Waals surface area contributed by atoms with Crippen molar-refractivity contribution in [1.29, 1.82) is 0 Å². The van der Waals surface area contributed by atoms with Gasteiger partial charge in [0.05, 0.1) is 17.9 Å². The van der Waals surface area contributed by atoms with Gasteiger partial charge in [-0.15, -0.1) is 16.4 Å². The van der Waals surface area contributed by atoms with Crippen molar-refractivity contribution in [2.45, 2.75) is 19.4 Å². The summed E-state index contributed by atoms with van der Waals surface area (Å²) in [5, 5.41) is 10.2. The molecule has 3 aromatic rings. The number of nitrogens with zero attached hydrogens (tertiary/aromatic N) is 5. The summed E-state index contributed by atoms with van der Waals surface area (Å²) in [6, 6.07) is 0. The Morgan fingerprint density at radius 2 is 2.22 bits per heavy atom. The lowest BCUT2D eigenvalue weighted by atomic mass is 10.2. The second-order valence-corrected chi connectivity index (χ2v) is 5.00. The van der Waals surface area contributed by atoms with E-state index in [2.05, 4.69) is 15.3 Å². The van der Waals surface area contributed by atoms with E-state index in [-0.39, 0.29) is 0 Å². The van der Waals surface area contributed by atoms with Crippen LogP contribution in [0.15, 0.2) is 24.0 Å². The highest BCUT2D eigenvalue weighted by Crippen LogP contribution is 2.12. The molecular formula is C11H14N6S. The minimum Gasteiger partial charge on any atom is -0.330 e. The topological polar surface area (TPSA) is 74.0 Å². The summed E-state index contributed by atoms with van der Waals surface area (Å²) in [7, 11) is 0. The van der Waals surface area contributed by atoms with Crippen LogP contribution in [0, 0.1) is 0 Å². The van der Waals surface area contributed by atoms with Gasteiger partial charge in [0.25, 0.3) is 0 Å². The van der Waals surface area contributed by atoms with E-state index in [9.17, 15) is 0 Å². The lowest BCUT2D eigenvalue weighted by Gasteiger charge is -1.94. The summed E-state index contributed by atoms with van der Waals surface area (Å²) in [4.78, 5) is 5.52. The van der Waals surface area contributed by atoms with E-state index in [4.69, 9.17) is 5.73 Å². The molecule has 18 heavy (non-hydrogen) atoms. The highest BCUT2D eigenvalue weighted by atomic mass is 32.1. The van der Waals surface area contributed by atoms with Gasteiger partial charge in [-0.3, -0.25) is 4.40 Å². The summed E-state index contributed by atoms with van der Waals surface area (Å²) in [5.74, 6) is 0. The maximum atomic E-state index is 5.47. The van der Waals surface area contributed by atoms with E-state index in [1.807, 2.05) is 33.1 Å². The Bertz CT molecular complexity index is 608. The molecular weight excluding hydrogens is 248 g/mol. The predicted molar refractivity (Wildman–Crippen MR) is 69.6 cm³/mol. The van der Waals surface area contributed by atoms with Gasteiger partial charge in [-0.2, -0.15) is 0 Å². The van der Waals surface area contributed by atoms with Gasteiger partial charge >= 0.3 is 0 Å². The predicted octanol–water partition coefficient (Wildman–Crippen LogP) is 0.927. The van der Waals surface area contributed by atoms with Crippen LogP contribution in [0.4, 0.5) is 0 Å². The third-order valence-corrected chi connectivity index (χ3v) is 3.46. The Balaban J connectivity index is 1.72. The van der Waals surface area contributed by atoms with Crippen LogP contribution in [0.2, 0.25) is 0 Å². The van der Waals surface area contributed by atoms with Crippen LogP contribution in [0.25, 0.3) is 4.96 Å². The highest BCUT2D eigenvalue weighted by molar-refractivity contribution is 7.15. The van der Waals surface area contributed by atoms with Crippen molar-refractivity contribution >= 4 is 16.3 Å². The molecule has 0 spiro atoms. The largest absolute Gasteiger partial charge is 0.330 e. The molecule has 0 saturated carbocycles. The molecule has 7 heteroatoms. The minimum atomic E-state index is 0.657. The van der Waals surface area contributed by atoms with Crippen LogP contribution >= 0.6 is 11.3 Å². The first-order chi connectivity index (χ1) is 8.85. The summed E-state index contributed by atoms with van der Waals surface area (Å²) in [6.07, 6.45) is 7.81. The lowest BCUT2D eigenvalue weighted by Crippen LogP contribution is -2.01. The normalized spacial score (nSPS) is 11.4. The molecule has 0 bridgehead atoms. The van der Waals surface area contributed by atoms with E-state index >= 15 is 0 Å². The average Bonchev–Trinajstić information content (AvgIpc) is 3.02. The third-order valence-electron chi connectivity index (χ3n) is 2.69. The maximum absolute atomic E-state index is 5.47. The minimum absolute atomic E-state index is 0.657. The van der Waals surface area contributed by atoms with Crippen molar-refractivity contribution in [1.82, 2.24) is 24.4 Å². The van der Waals surface area contributed by atoms with E-state index in [0.29, 0.717) is 13.1 Å². The van der Waals surface area contributed by atoms with Crippen LogP contribution in [0.3, 0.4) is 0 Å². The maximum Gasteiger partial charge on any atom is 0.193 e. The van der Waals surface area contributed by atoms with Crippen LogP contribution < -0.4 is 5.73 Å².